The molecular formula is C18H20Cl2N4O2. The Hall–Kier alpha value is -1.86. The molecule has 1 saturated heterocycles. The topological polar surface area (TPSA) is 66.5 Å². The number of anilines is 2. The average Bonchev–Trinajstić information content (AvgIpc) is 2.65. The lowest BCUT2D eigenvalue weighted by Gasteiger charge is -2.26. The van der Waals surface area contributed by atoms with Gasteiger partial charge in [-0.15, -0.1) is 0 Å². The minimum Gasteiger partial charge on any atom is -0.382 e. The number of nitrogens with zero attached hydrogens (tertiary/aromatic N) is 2. The fraction of sp³-hybridized carbons (Fsp3) is 0.333. The van der Waals surface area contributed by atoms with Gasteiger partial charge in [0.25, 0.3) is 5.91 Å². The lowest BCUT2D eigenvalue weighted by Crippen LogP contribution is -2.39. The highest BCUT2D eigenvalue weighted by Crippen LogP contribution is 2.25. The van der Waals surface area contributed by atoms with Crippen LogP contribution in [0.5, 0.6) is 0 Å². The molecule has 0 spiro atoms. The predicted octanol–water partition coefficient (Wildman–Crippen LogP) is 3.38. The van der Waals surface area contributed by atoms with Crippen LogP contribution in [-0.4, -0.2) is 55.2 Å². The summed E-state index contributed by atoms with van der Waals surface area (Å²) in [5.74, 6) is -0.279. The highest BCUT2D eigenvalue weighted by Gasteiger charge is 2.11. The van der Waals surface area contributed by atoms with Crippen LogP contribution in [0.25, 0.3) is 0 Å². The zero-order valence-corrected chi connectivity index (χ0v) is 15.7. The summed E-state index contributed by atoms with van der Waals surface area (Å²) >= 11 is 12.0. The summed E-state index contributed by atoms with van der Waals surface area (Å²) in [5, 5.41) is 6.97. The van der Waals surface area contributed by atoms with Crippen molar-refractivity contribution in [2.24, 2.45) is 0 Å². The first-order chi connectivity index (χ1) is 12.6. The molecule has 6 nitrogen and oxygen atoms in total. The number of halogens is 2. The molecule has 1 aliphatic heterocycles. The molecular weight excluding hydrogens is 375 g/mol. The van der Waals surface area contributed by atoms with Gasteiger partial charge in [-0.05, 0) is 24.3 Å². The molecule has 2 aromatic rings. The summed E-state index contributed by atoms with van der Waals surface area (Å²) in [6.07, 6.45) is 3.22. The van der Waals surface area contributed by atoms with Crippen molar-refractivity contribution in [1.82, 2.24) is 9.88 Å². The number of ether oxygens (including phenoxy) is 1. The molecule has 1 amide bonds. The largest absolute Gasteiger partial charge is 0.382 e. The lowest BCUT2D eigenvalue weighted by molar-refractivity contribution is 0.0398. The van der Waals surface area contributed by atoms with E-state index in [2.05, 4.69) is 20.5 Å². The van der Waals surface area contributed by atoms with Gasteiger partial charge in [0, 0.05) is 43.6 Å². The van der Waals surface area contributed by atoms with Gasteiger partial charge in [0.15, 0.2) is 0 Å². The van der Waals surface area contributed by atoms with Gasteiger partial charge in [-0.25, -0.2) is 0 Å². The molecule has 0 atom stereocenters. The quantitative estimate of drug-likeness (QED) is 0.785. The molecule has 0 unspecified atom stereocenters. The van der Waals surface area contributed by atoms with Gasteiger partial charge < -0.3 is 15.4 Å². The van der Waals surface area contributed by atoms with Crippen molar-refractivity contribution in [3.8, 4) is 0 Å². The molecule has 8 heteroatoms. The second-order valence-electron chi connectivity index (χ2n) is 5.92. The Labute approximate surface area is 162 Å². The second-order valence-corrected chi connectivity index (χ2v) is 6.77. The summed E-state index contributed by atoms with van der Waals surface area (Å²) in [6.45, 7) is 5.15. The van der Waals surface area contributed by atoms with Crippen LogP contribution in [0.15, 0.2) is 36.7 Å². The van der Waals surface area contributed by atoms with E-state index in [4.69, 9.17) is 27.9 Å². The van der Waals surface area contributed by atoms with E-state index in [0.29, 0.717) is 21.3 Å². The van der Waals surface area contributed by atoms with Gasteiger partial charge in [-0.3, -0.25) is 14.7 Å². The maximum absolute atomic E-state index is 12.4. The minimum absolute atomic E-state index is 0.279. The third-order valence-electron chi connectivity index (χ3n) is 4.04. The summed E-state index contributed by atoms with van der Waals surface area (Å²) in [5.41, 5.74) is 1.76. The van der Waals surface area contributed by atoms with E-state index in [0.717, 1.165) is 45.1 Å². The standard InChI is InChI=1S/C18H20Cl2N4O2/c19-14-1-2-17(16(20)10-14)23-18(25)13-9-15(12-21-11-13)22-3-4-24-5-7-26-8-6-24/h1-2,9-12,22H,3-8H2,(H,23,25). The van der Waals surface area contributed by atoms with Crippen LogP contribution >= 0.6 is 23.2 Å². The number of morpholine rings is 1. The third kappa shape index (κ3) is 5.32. The lowest BCUT2D eigenvalue weighted by atomic mass is 10.2. The Morgan fingerprint density at radius 1 is 1.19 bits per heavy atom. The van der Waals surface area contributed by atoms with Crippen LogP contribution in [0.4, 0.5) is 11.4 Å². The fourth-order valence-electron chi connectivity index (χ4n) is 2.63. The number of hydrogen-bond acceptors (Lipinski definition) is 5. The first-order valence-electron chi connectivity index (χ1n) is 8.37. The Kier molecular flexibility index (Phi) is 6.68. The summed E-state index contributed by atoms with van der Waals surface area (Å²) in [7, 11) is 0. The van der Waals surface area contributed by atoms with E-state index in [-0.39, 0.29) is 5.91 Å². The average molecular weight is 395 g/mol. The van der Waals surface area contributed by atoms with Crippen LogP contribution in [0.1, 0.15) is 10.4 Å². The first kappa shape index (κ1) is 18.9. The van der Waals surface area contributed by atoms with E-state index in [1.807, 2.05) is 0 Å². The Balaban J connectivity index is 1.56. The Morgan fingerprint density at radius 3 is 2.77 bits per heavy atom. The maximum Gasteiger partial charge on any atom is 0.257 e. The Morgan fingerprint density at radius 2 is 2.00 bits per heavy atom. The number of rotatable bonds is 6. The minimum atomic E-state index is -0.279. The molecule has 1 fully saturated rings. The second kappa shape index (κ2) is 9.19. The van der Waals surface area contributed by atoms with Crippen molar-refractivity contribution in [2.75, 3.05) is 50.0 Å². The monoisotopic (exact) mass is 394 g/mol. The number of pyridine rings is 1. The molecule has 0 saturated carbocycles. The van der Waals surface area contributed by atoms with Gasteiger partial charge in [-0.1, -0.05) is 23.2 Å². The highest BCUT2D eigenvalue weighted by molar-refractivity contribution is 6.36. The molecule has 3 rings (SSSR count). The SMILES string of the molecule is O=C(Nc1ccc(Cl)cc1Cl)c1cncc(NCCN2CCOCC2)c1. The molecule has 1 aromatic heterocycles. The van der Waals surface area contributed by atoms with Gasteiger partial charge in [0.05, 0.1) is 35.2 Å². The van der Waals surface area contributed by atoms with Crippen LogP contribution < -0.4 is 10.6 Å². The van der Waals surface area contributed by atoms with E-state index in [9.17, 15) is 4.79 Å². The van der Waals surface area contributed by atoms with Crippen molar-refractivity contribution in [1.29, 1.82) is 0 Å². The number of amides is 1. The van der Waals surface area contributed by atoms with E-state index >= 15 is 0 Å². The summed E-state index contributed by atoms with van der Waals surface area (Å²) in [6, 6.07) is 6.69. The molecule has 0 radical (unpaired) electrons. The van der Waals surface area contributed by atoms with Gasteiger partial charge in [0.1, 0.15) is 0 Å². The van der Waals surface area contributed by atoms with Gasteiger partial charge in [0.2, 0.25) is 0 Å². The maximum atomic E-state index is 12.4. The number of carbonyl (C=O) groups excluding carboxylic acids is 1. The van der Waals surface area contributed by atoms with Crippen LogP contribution in [0, 0.1) is 0 Å². The van der Waals surface area contributed by atoms with E-state index in [1.165, 1.54) is 6.20 Å². The van der Waals surface area contributed by atoms with Crippen LogP contribution in [0.3, 0.4) is 0 Å². The number of aromatic nitrogens is 1. The highest BCUT2D eigenvalue weighted by atomic mass is 35.5. The number of nitrogens with one attached hydrogen (secondary N) is 2. The first-order valence-corrected chi connectivity index (χ1v) is 9.13. The number of carbonyl (C=O) groups is 1. The molecule has 2 heterocycles. The molecule has 138 valence electrons. The smallest absolute Gasteiger partial charge is 0.257 e. The zero-order valence-electron chi connectivity index (χ0n) is 14.2. The Bertz CT molecular complexity index is 767. The number of hydrogen-bond donors (Lipinski definition) is 2. The summed E-state index contributed by atoms with van der Waals surface area (Å²) in [4.78, 5) is 18.9. The molecule has 1 aromatic carbocycles. The number of benzene rings is 1. The van der Waals surface area contributed by atoms with Crippen molar-refractivity contribution in [2.45, 2.75) is 0 Å². The normalized spacial score (nSPS) is 14.8. The van der Waals surface area contributed by atoms with Crippen LogP contribution in [-0.2, 0) is 4.74 Å². The summed E-state index contributed by atoms with van der Waals surface area (Å²) < 4.78 is 5.34. The van der Waals surface area contributed by atoms with Crippen molar-refractivity contribution >= 4 is 40.5 Å². The van der Waals surface area contributed by atoms with E-state index < -0.39 is 0 Å². The van der Waals surface area contributed by atoms with Crippen molar-refractivity contribution in [3.05, 3.63) is 52.3 Å². The predicted molar refractivity (Wildman–Crippen MR) is 104 cm³/mol. The third-order valence-corrected chi connectivity index (χ3v) is 4.59. The zero-order chi connectivity index (χ0) is 18.4. The van der Waals surface area contributed by atoms with Crippen molar-refractivity contribution < 1.29 is 9.53 Å². The molecule has 1 aliphatic rings. The van der Waals surface area contributed by atoms with Crippen LogP contribution in [0.2, 0.25) is 10.0 Å². The van der Waals surface area contributed by atoms with E-state index in [1.54, 1.807) is 30.5 Å². The molecule has 2 N–H and O–H groups in total. The molecule has 26 heavy (non-hydrogen) atoms. The molecule has 0 aliphatic carbocycles. The van der Waals surface area contributed by atoms with Crippen molar-refractivity contribution in [3.63, 3.8) is 0 Å². The fourth-order valence-corrected chi connectivity index (χ4v) is 3.08. The molecule has 0 bridgehead atoms. The van der Waals surface area contributed by atoms with Gasteiger partial charge in [-0.2, -0.15) is 0 Å². The van der Waals surface area contributed by atoms with Gasteiger partial charge >= 0.3 is 0 Å².